The van der Waals surface area contributed by atoms with E-state index < -0.39 is 0 Å². The average Bonchev–Trinajstić information content (AvgIpc) is 2.50. The van der Waals surface area contributed by atoms with E-state index in [-0.39, 0.29) is 0 Å². The minimum absolute atomic E-state index is 0.507. The van der Waals surface area contributed by atoms with Gasteiger partial charge in [-0.05, 0) is 26.2 Å². The van der Waals surface area contributed by atoms with Gasteiger partial charge in [-0.1, -0.05) is 19.3 Å². The second-order valence-corrected chi connectivity index (χ2v) is 5.11. The van der Waals surface area contributed by atoms with E-state index >= 15 is 0 Å². The van der Waals surface area contributed by atoms with Crippen LogP contribution in [0.15, 0.2) is 4.99 Å². The van der Waals surface area contributed by atoms with E-state index in [4.69, 9.17) is 9.47 Å². The lowest BCUT2D eigenvalue weighted by Crippen LogP contribution is -2.39. The van der Waals surface area contributed by atoms with Gasteiger partial charge in [0.05, 0.1) is 12.7 Å². The molecule has 0 heterocycles. The summed E-state index contributed by atoms with van der Waals surface area (Å²) in [6.07, 6.45) is 8.06. The van der Waals surface area contributed by atoms with E-state index in [2.05, 4.69) is 15.6 Å². The quantitative estimate of drug-likeness (QED) is 0.386. The molecule has 0 aromatic rings. The number of hydrogen-bond donors (Lipinski definition) is 2. The normalized spacial score (nSPS) is 17.2. The maximum Gasteiger partial charge on any atom is 0.191 e. The van der Waals surface area contributed by atoms with Crippen molar-refractivity contribution in [3.05, 3.63) is 0 Å². The number of nitrogens with zero attached hydrogens (tertiary/aromatic N) is 1. The molecule has 0 amide bonds. The molecule has 0 saturated heterocycles. The predicted molar refractivity (Wildman–Crippen MR) is 83.3 cm³/mol. The van der Waals surface area contributed by atoms with Crippen LogP contribution in [0.4, 0.5) is 0 Å². The molecule has 0 unspecified atom stereocenters. The summed E-state index contributed by atoms with van der Waals surface area (Å²) >= 11 is 0. The molecule has 1 rings (SSSR count). The first-order valence-corrected chi connectivity index (χ1v) is 8.00. The Hall–Kier alpha value is -0.810. The van der Waals surface area contributed by atoms with Crippen LogP contribution in [-0.2, 0) is 9.47 Å². The van der Waals surface area contributed by atoms with E-state index in [0.29, 0.717) is 12.7 Å². The van der Waals surface area contributed by atoms with Gasteiger partial charge in [0, 0.05) is 33.4 Å². The van der Waals surface area contributed by atoms with Gasteiger partial charge in [-0.2, -0.15) is 0 Å². The molecule has 0 spiro atoms. The molecule has 1 fully saturated rings. The van der Waals surface area contributed by atoms with Gasteiger partial charge < -0.3 is 20.1 Å². The van der Waals surface area contributed by atoms with Crippen molar-refractivity contribution in [2.24, 2.45) is 4.99 Å². The monoisotopic (exact) mass is 285 g/mol. The Morgan fingerprint density at radius 2 is 1.85 bits per heavy atom. The predicted octanol–water partition coefficient (Wildman–Crippen LogP) is 1.93. The summed E-state index contributed by atoms with van der Waals surface area (Å²) < 4.78 is 11.2. The van der Waals surface area contributed by atoms with Crippen LogP contribution >= 0.6 is 0 Å². The van der Waals surface area contributed by atoms with Crippen molar-refractivity contribution in [3.8, 4) is 0 Å². The van der Waals surface area contributed by atoms with Gasteiger partial charge in [-0.3, -0.25) is 4.99 Å². The summed E-state index contributed by atoms with van der Waals surface area (Å²) in [7, 11) is 1.79. The van der Waals surface area contributed by atoms with Gasteiger partial charge in [0.25, 0.3) is 0 Å². The number of hydrogen-bond acceptors (Lipinski definition) is 3. The van der Waals surface area contributed by atoms with Crippen molar-refractivity contribution in [2.75, 3.05) is 40.0 Å². The minimum Gasteiger partial charge on any atom is -0.380 e. The summed E-state index contributed by atoms with van der Waals surface area (Å²) in [5.74, 6) is 0.836. The summed E-state index contributed by atoms with van der Waals surface area (Å²) in [4.78, 5) is 4.17. The van der Waals surface area contributed by atoms with Crippen LogP contribution < -0.4 is 10.6 Å². The largest absolute Gasteiger partial charge is 0.380 e. The minimum atomic E-state index is 0.507. The topological polar surface area (TPSA) is 54.9 Å². The Morgan fingerprint density at radius 1 is 1.10 bits per heavy atom. The van der Waals surface area contributed by atoms with Gasteiger partial charge in [-0.25, -0.2) is 0 Å². The summed E-state index contributed by atoms with van der Waals surface area (Å²) in [5.41, 5.74) is 0. The third-order valence-corrected chi connectivity index (χ3v) is 3.49. The summed E-state index contributed by atoms with van der Waals surface area (Å²) in [5, 5.41) is 6.50. The highest BCUT2D eigenvalue weighted by atomic mass is 16.5. The number of guanidine groups is 1. The van der Waals surface area contributed by atoms with Gasteiger partial charge in [0.1, 0.15) is 0 Å². The third-order valence-electron chi connectivity index (χ3n) is 3.49. The fraction of sp³-hybridized carbons (Fsp3) is 0.933. The fourth-order valence-electron chi connectivity index (χ4n) is 2.37. The highest BCUT2D eigenvalue weighted by Gasteiger charge is 2.12. The molecule has 0 aliphatic heterocycles. The van der Waals surface area contributed by atoms with Crippen molar-refractivity contribution in [2.45, 2.75) is 51.6 Å². The first kappa shape index (κ1) is 17.2. The molecule has 20 heavy (non-hydrogen) atoms. The molecule has 0 aromatic carbocycles. The first-order valence-electron chi connectivity index (χ1n) is 8.00. The van der Waals surface area contributed by atoms with Crippen LogP contribution in [0.5, 0.6) is 0 Å². The molecule has 5 nitrogen and oxygen atoms in total. The molecule has 2 N–H and O–H groups in total. The highest BCUT2D eigenvalue weighted by Crippen LogP contribution is 2.20. The molecule has 1 saturated carbocycles. The Labute approximate surface area is 123 Å². The molecule has 1 aliphatic carbocycles. The number of nitrogens with one attached hydrogen (secondary N) is 2. The van der Waals surface area contributed by atoms with Crippen LogP contribution in [-0.4, -0.2) is 52.0 Å². The fourth-order valence-corrected chi connectivity index (χ4v) is 2.37. The molecule has 0 radical (unpaired) electrons. The number of ether oxygens (including phenoxy) is 2. The zero-order valence-electron chi connectivity index (χ0n) is 13.1. The van der Waals surface area contributed by atoms with Gasteiger partial charge >= 0.3 is 0 Å². The van der Waals surface area contributed by atoms with Crippen molar-refractivity contribution < 1.29 is 9.47 Å². The van der Waals surface area contributed by atoms with Crippen LogP contribution in [0.2, 0.25) is 0 Å². The molecule has 118 valence electrons. The molecule has 5 heteroatoms. The van der Waals surface area contributed by atoms with E-state index in [0.717, 1.165) is 38.7 Å². The highest BCUT2D eigenvalue weighted by molar-refractivity contribution is 5.79. The average molecular weight is 285 g/mol. The van der Waals surface area contributed by atoms with Crippen molar-refractivity contribution in [1.29, 1.82) is 0 Å². The number of aliphatic imine (C=N–C) groups is 1. The van der Waals surface area contributed by atoms with Crippen molar-refractivity contribution in [1.82, 2.24) is 10.6 Å². The lowest BCUT2D eigenvalue weighted by Gasteiger charge is -2.22. The maximum atomic E-state index is 5.89. The Kier molecular flexibility index (Phi) is 10.3. The lowest BCUT2D eigenvalue weighted by atomic mass is 9.98. The molecular formula is C15H31N3O2. The zero-order chi connectivity index (χ0) is 14.5. The summed E-state index contributed by atoms with van der Waals surface area (Å²) in [6.45, 7) is 5.98. The molecule has 1 aliphatic rings. The van der Waals surface area contributed by atoms with E-state index in [1.54, 1.807) is 7.05 Å². The Balaban J connectivity index is 1.95. The molecule has 0 aromatic heterocycles. The Morgan fingerprint density at radius 3 is 2.55 bits per heavy atom. The van der Waals surface area contributed by atoms with Crippen LogP contribution in [0.1, 0.15) is 45.4 Å². The van der Waals surface area contributed by atoms with Crippen LogP contribution in [0.25, 0.3) is 0 Å². The Bertz CT molecular complexity index is 254. The van der Waals surface area contributed by atoms with Gasteiger partial charge in [0.2, 0.25) is 0 Å². The van der Waals surface area contributed by atoms with Gasteiger partial charge in [0.15, 0.2) is 5.96 Å². The van der Waals surface area contributed by atoms with Gasteiger partial charge in [-0.15, -0.1) is 0 Å². The van der Waals surface area contributed by atoms with E-state index in [9.17, 15) is 0 Å². The van der Waals surface area contributed by atoms with Crippen molar-refractivity contribution >= 4 is 5.96 Å². The van der Waals surface area contributed by atoms with E-state index in [1.165, 1.54) is 32.1 Å². The molecular weight excluding hydrogens is 254 g/mol. The van der Waals surface area contributed by atoms with Crippen LogP contribution in [0.3, 0.4) is 0 Å². The molecule has 0 atom stereocenters. The third kappa shape index (κ3) is 8.38. The second-order valence-electron chi connectivity index (χ2n) is 5.11. The molecule has 0 bridgehead atoms. The summed E-state index contributed by atoms with van der Waals surface area (Å²) in [6, 6.07) is 0. The maximum absolute atomic E-state index is 5.89. The zero-order valence-corrected chi connectivity index (χ0v) is 13.1. The van der Waals surface area contributed by atoms with E-state index in [1.807, 2.05) is 6.92 Å². The SMILES string of the molecule is CCOCCNC(=NC)NCCCOC1CCCCC1. The first-order chi connectivity index (χ1) is 9.86. The number of rotatable bonds is 9. The second kappa shape index (κ2) is 12.0. The standard InChI is InChI=1S/C15H31N3O2/c1-3-19-13-11-18-15(16-2)17-10-7-12-20-14-8-5-4-6-9-14/h14H,3-13H2,1-2H3,(H2,16,17,18). The lowest BCUT2D eigenvalue weighted by molar-refractivity contribution is 0.0277. The smallest absolute Gasteiger partial charge is 0.191 e. The van der Waals surface area contributed by atoms with Crippen LogP contribution in [0, 0.1) is 0 Å². The van der Waals surface area contributed by atoms with Crippen molar-refractivity contribution in [3.63, 3.8) is 0 Å².